The summed E-state index contributed by atoms with van der Waals surface area (Å²) >= 11 is 0. The smallest absolute Gasteiger partial charge is 0.227 e. The molecule has 29 heavy (non-hydrogen) atoms. The molecule has 0 fully saturated rings. The number of fused-ring (bicyclic) bond motifs is 4. The normalized spacial score (nSPS) is 16.4. The number of benzene rings is 1. The summed E-state index contributed by atoms with van der Waals surface area (Å²) in [5.41, 5.74) is 4.69. The fourth-order valence-electron chi connectivity index (χ4n) is 4.50. The predicted octanol–water partition coefficient (Wildman–Crippen LogP) is 5.49. The molecule has 148 valence electrons. The molecule has 0 bridgehead atoms. The lowest BCUT2D eigenvalue weighted by Gasteiger charge is -2.34. The summed E-state index contributed by atoms with van der Waals surface area (Å²) in [6.45, 7) is 10.7. The number of aryl methyl sites for hydroxylation is 2. The van der Waals surface area contributed by atoms with Crippen LogP contribution >= 0.6 is 0 Å². The van der Waals surface area contributed by atoms with Crippen molar-refractivity contribution >= 4 is 39.4 Å². The Morgan fingerprint density at radius 1 is 1.00 bits per heavy atom. The van der Waals surface area contributed by atoms with Crippen LogP contribution in [0.15, 0.2) is 41.1 Å². The van der Waals surface area contributed by atoms with E-state index < -0.39 is 0 Å². The summed E-state index contributed by atoms with van der Waals surface area (Å²) in [5.74, 6) is 1.81. The van der Waals surface area contributed by atoms with Crippen LogP contribution in [0.4, 0.5) is 17.3 Å². The van der Waals surface area contributed by atoms with Crippen molar-refractivity contribution in [1.82, 2.24) is 15.0 Å². The Hall–Kier alpha value is -3.15. The molecule has 6 nitrogen and oxygen atoms in total. The van der Waals surface area contributed by atoms with Crippen molar-refractivity contribution in [3.8, 4) is 0 Å². The number of furan rings is 1. The van der Waals surface area contributed by atoms with Gasteiger partial charge in [-0.2, -0.15) is 0 Å². The Labute approximate surface area is 170 Å². The van der Waals surface area contributed by atoms with E-state index in [2.05, 4.69) is 65.7 Å². The molecule has 0 amide bonds. The highest BCUT2D eigenvalue weighted by molar-refractivity contribution is 6.09. The zero-order valence-corrected chi connectivity index (χ0v) is 17.5. The van der Waals surface area contributed by atoms with Gasteiger partial charge in [0.05, 0.1) is 5.69 Å². The van der Waals surface area contributed by atoms with Gasteiger partial charge in [0.25, 0.3) is 0 Å². The quantitative estimate of drug-likeness (QED) is 0.463. The minimum atomic E-state index is 0.125. The minimum absolute atomic E-state index is 0.125. The van der Waals surface area contributed by atoms with Gasteiger partial charge in [0, 0.05) is 34.9 Å². The molecular weight excluding hydrogens is 362 g/mol. The second-order valence-electron chi connectivity index (χ2n) is 7.98. The van der Waals surface area contributed by atoms with Crippen LogP contribution in [0.2, 0.25) is 0 Å². The van der Waals surface area contributed by atoms with Gasteiger partial charge in [0.1, 0.15) is 6.17 Å². The van der Waals surface area contributed by atoms with E-state index in [0.29, 0.717) is 11.8 Å². The average Bonchev–Trinajstić information content (AvgIpc) is 3.22. The Balaban J connectivity index is 1.82. The molecule has 1 atom stereocenters. The highest BCUT2D eigenvalue weighted by atomic mass is 16.3. The topological polar surface area (TPSA) is 58.3 Å². The van der Waals surface area contributed by atoms with Crippen LogP contribution in [0.1, 0.15) is 38.4 Å². The fourth-order valence-corrected chi connectivity index (χ4v) is 4.50. The molecule has 1 aromatic carbocycles. The van der Waals surface area contributed by atoms with Gasteiger partial charge in [0.2, 0.25) is 5.71 Å². The zero-order valence-electron chi connectivity index (χ0n) is 17.5. The third kappa shape index (κ3) is 2.51. The number of pyridine rings is 1. The highest BCUT2D eigenvalue weighted by Crippen LogP contribution is 2.47. The van der Waals surface area contributed by atoms with Gasteiger partial charge in [-0.15, -0.1) is 0 Å². The van der Waals surface area contributed by atoms with Crippen molar-refractivity contribution in [2.45, 2.75) is 53.2 Å². The van der Waals surface area contributed by atoms with Gasteiger partial charge in [-0.25, -0.2) is 15.0 Å². The van der Waals surface area contributed by atoms with Gasteiger partial charge in [-0.05, 0) is 51.8 Å². The van der Waals surface area contributed by atoms with Crippen LogP contribution in [-0.4, -0.2) is 27.2 Å². The standard InChI is InChI=1S/C23H25N5O/c1-6-18-27(13(2)3)21-22(25-12-11-24-21)28(18)19-14(4)7-9-16-17-10-8-15(5)26-23(17)29-20(16)19/h7-13,18H,6H2,1-5H3. The van der Waals surface area contributed by atoms with Crippen molar-refractivity contribution < 1.29 is 4.42 Å². The number of aromatic nitrogens is 3. The van der Waals surface area contributed by atoms with E-state index in [9.17, 15) is 0 Å². The summed E-state index contributed by atoms with van der Waals surface area (Å²) in [6, 6.07) is 8.72. The zero-order chi connectivity index (χ0) is 20.3. The lowest BCUT2D eigenvalue weighted by atomic mass is 10.1. The Bertz CT molecular complexity index is 1230. The number of hydrogen-bond donors (Lipinski definition) is 0. The van der Waals surface area contributed by atoms with Crippen molar-refractivity contribution in [3.63, 3.8) is 0 Å². The van der Waals surface area contributed by atoms with E-state index >= 15 is 0 Å². The molecule has 3 aromatic heterocycles. The average molecular weight is 387 g/mol. The van der Waals surface area contributed by atoms with E-state index in [1.807, 2.05) is 13.0 Å². The molecular formula is C23H25N5O. The van der Waals surface area contributed by atoms with E-state index in [1.165, 1.54) is 0 Å². The van der Waals surface area contributed by atoms with Crippen molar-refractivity contribution in [3.05, 3.63) is 47.9 Å². The Kier molecular flexibility index (Phi) is 3.98. The maximum absolute atomic E-state index is 6.34. The first-order valence-electron chi connectivity index (χ1n) is 10.2. The number of anilines is 3. The van der Waals surface area contributed by atoms with Gasteiger partial charge < -0.3 is 9.32 Å². The lowest BCUT2D eigenvalue weighted by molar-refractivity contribution is 0.551. The number of nitrogens with zero attached hydrogens (tertiary/aromatic N) is 5. The van der Waals surface area contributed by atoms with E-state index in [4.69, 9.17) is 9.40 Å². The molecule has 0 N–H and O–H groups in total. The third-order valence-corrected chi connectivity index (χ3v) is 5.74. The summed E-state index contributed by atoms with van der Waals surface area (Å²) < 4.78 is 6.34. The lowest BCUT2D eigenvalue weighted by Crippen LogP contribution is -2.44. The maximum atomic E-state index is 6.34. The van der Waals surface area contributed by atoms with Gasteiger partial charge >= 0.3 is 0 Å². The molecule has 5 rings (SSSR count). The first-order valence-corrected chi connectivity index (χ1v) is 10.2. The summed E-state index contributed by atoms with van der Waals surface area (Å²) in [4.78, 5) is 18.7. The minimum Gasteiger partial charge on any atom is -0.435 e. The number of hydrogen-bond acceptors (Lipinski definition) is 6. The van der Waals surface area contributed by atoms with Crippen LogP contribution in [0, 0.1) is 13.8 Å². The van der Waals surface area contributed by atoms with Crippen molar-refractivity contribution in [2.24, 2.45) is 0 Å². The second kappa shape index (κ2) is 6.44. The molecule has 1 unspecified atom stereocenters. The highest BCUT2D eigenvalue weighted by Gasteiger charge is 2.41. The predicted molar refractivity (Wildman–Crippen MR) is 117 cm³/mol. The molecule has 1 aliphatic heterocycles. The first-order chi connectivity index (χ1) is 14.0. The second-order valence-corrected chi connectivity index (χ2v) is 7.98. The Morgan fingerprint density at radius 3 is 2.45 bits per heavy atom. The molecule has 0 aliphatic carbocycles. The summed E-state index contributed by atoms with van der Waals surface area (Å²) in [5, 5.41) is 2.12. The van der Waals surface area contributed by atoms with Gasteiger partial charge in [-0.3, -0.25) is 4.90 Å². The molecule has 6 heteroatoms. The van der Waals surface area contributed by atoms with Gasteiger partial charge in [-0.1, -0.05) is 19.1 Å². The molecule has 0 saturated carbocycles. The number of rotatable bonds is 3. The molecule has 0 saturated heterocycles. The molecule has 0 spiro atoms. The maximum Gasteiger partial charge on any atom is 0.227 e. The first kappa shape index (κ1) is 17.9. The third-order valence-electron chi connectivity index (χ3n) is 5.74. The molecule has 4 heterocycles. The van der Waals surface area contributed by atoms with E-state index in [1.54, 1.807) is 12.4 Å². The van der Waals surface area contributed by atoms with Crippen molar-refractivity contribution in [1.29, 1.82) is 0 Å². The monoisotopic (exact) mass is 387 g/mol. The largest absolute Gasteiger partial charge is 0.435 e. The summed E-state index contributed by atoms with van der Waals surface area (Å²) in [7, 11) is 0. The van der Waals surface area contributed by atoms with Crippen molar-refractivity contribution in [2.75, 3.05) is 9.80 Å². The van der Waals surface area contributed by atoms with E-state index in [0.717, 1.165) is 51.4 Å². The SMILES string of the molecule is CCC1N(c2c(C)ccc3c2oc2nc(C)ccc23)c2nccnc2N1C(C)C. The summed E-state index contributed by atoms with van der Waals surface area (Å²) in [6.07, 6.45) is 4.59. The van der Waals surface area contributed by atoms with E-state index in [-0.39, 0.29) is 6.17 Å². The molecule has 4 aromatic rings. The molecule has 0 radical (unpaired) electrons. The van der Waals surface area contributed by atoms with Crippen LogP contribution in [0.3, 0.4) is 0 Å². The molecule has 1 aliphatic rings. The van der Waals surface area contributed by atoms with Crippen LogP contribution in [0.25, 0.3) is 22.1 Å². The van der Waals surface area contributed by atoms with Crippen LogP contribution in [0.5, 0.6) is 0 Å². The van der Waals surface area contributed by atoms with Crippen LogP contribution in [-0.2, 0) is 0 Å². The fraction of sp³-hybridized carbons (Fsp3) is 0.348. The Morgan fingerprint density at radius 2 is 1.72 bits per heavy atom. The van der Waals surface area contributed by atoms with Gasteiger partial charge in [0.15, 0.2) is 17.2 Å². The van der Waals surface area contributed by atoms with Crippen LogP contribution < -0.4 is 9.80 Å².